The van der Waals surface area contributed by atoms with Crippen LogP contribution < -0.4 is 0 Å². The zero-order valence-corrected chi connectivity index (χ0v) is 14.3. The van der Waals surface area contributed by atoms with Crippen LogP contribution in [-0.4, -0.2) is 42.4 Å². The fourth-order valence-corrected chi connectivity index (χ4v) is 3.58. The molecule has 0 N–H and O–H groups in total. The van der Waals surface area contributed by atoms with E-state index >= 15 is 0 Å². The number of rotatable bonds is 2. The topological polar surface area (TPSA) is 12.5 Å². The SMILES string of the molecule is CC.CC1=C(C(C)C)[C@]2(CCN(C(C)C)C[C@H]2F)OC1. The minimum Gasteiger partial charge on any atom is -0.363 e. The third kappa shape index (κ3) is 3.09. The quantitative estimate of drug-likeness (QED) is 0.705. The third-order valence-electron chi connectivity index (χ3n) is 4.44. The zero-order valence-electron chi connectivity index (χ0n) is 14.3. The van der Waals surface area contributed by atoms with Gasteiger partial charge in [0.1, 0.15) is 11.8 Å². The molecule has 1 fully saturated rings. The number of alkyl halides is 1. The molecule has 0 aromatic carbocycles. The molecule has 2 atom stereocenters. The van der Waals surface area contributed by atoms with Crippen LogP contribution in [0, 0.1) is 5.92 Å². The van der Waals surface area contributed by atoms with Gasteiger partial charge in [0, 0.05) is 19.1 Å². The molecule has 3 heteroatoms. The Hall–Kier alpha value is -0.410. The maximum absolute atomic E-state index is 14.7. The maximum Gasteiger partial charge on any atom is 0.145 e. The van der Waals surface area contributed by atoms with Gasteiger partial charge in [-0.2, -0.15) is 0 Å². The van der Waals surface area contributed by atoms with Crippen LogP contribution in [-0.2, 0) is 4.74 Å². The Balaban J connectivity index is 0.000000956. The fraction of sp³-hybridized carbons (Fsp3) is 0.882. The molecule has 0 aliphatic carbocycles. The molecule has 0 bridgehead atoms. The molecule has 118 valence electrons. The number of hydrogen-bond acceptors (Lipinski definition) is 2. The summed E-state index contributed by atoms with van der Waals surface area (Å²) in [6.07, 6.45) is -0.111. The minimum atomic E-state index is -0.900. The summed E-state index contributed by atoms with van der Waals surface area (Å²) in [5, 5.41) is 0. The summed E-state index contributed by atoms with van der Waals surface area (Å²) >= 11 is 0. The van der Waals surface area contributed by atoms with Crippen molar-refractivity contribution in [2.24, 2.45) is 5.92 Å². The molecular formula is C17H32FNO. The molecule has 2 heterocycles. The van der Waals surface area contributed by atoms with Gasteiger partial charge in [0.15, 0.2) is 0 Å². The summed E-state index contributed by atoms with van der Waals surface area (Å²) in [6, 6.07) is 0.412. The molecule has 0 amide bonds. The molecule has 0 unspecified atom stereocenters. The van der Waals surface area contributed by atoms with E-state index in [2.05, 4.69) is 39.5 Å². The standard InChI is InChI=1S/C15H26FNO.C2H6/c1-10(2)14-12(5)9-18-15(14)6-7-17(11(3)4)8-13(15)16;1-2/h10-11,13H,6-9H2,1-5H3;1-2H3/t13-,15-;/m1./s1. The zero-order chi connectivity index (χ0) is 15.5. The summed E-state index contributed by atoms with van der Waals surface area (Å²) in [7, 11) is 0. The van der Waals surface area contributed by atoms with Crippen LogP contribution >= 0.6 is 0 Å². The van der Waals surface area contributed by atoms with Gasteiger partial charge < -0.3 is 4.74 Å². The predicted molar refractivity (Wildman–Crippen MR) is 83.8 cm³/mol. The molecule has 0 aromatic heterocycles. The molecule has 2 nitrogen and oxygen atoms in total. The van der Waals surface area contributed by atoms with Gasteiger partial charge in [-0.3, -0.25) is 4.90 Å². The Bertz CT molecular complexity index is 351. The molecule has 20 heavy (non-hydrogen) atoms. The summed E-state index contributed by atoms with van der Waals surface area (Å²) in [5.74, 6) is 0.372. The highest BCUT2D eigenvalue weighted by molar-refractivity contribution is 5.33. The average molecular weight is 285 g/mol. The lowest BCUT2D eigenvalue weighted by Crippen LogP contribution is -2.56. The van der Waals surface area contributed by atoms with Crippen molar-refractivity contribution in [2.75, 3.05) is 19.7 Å². The summed E-state index contributed by atoms with van der Waals surface area (Å²) in [4.78, 5) is 2.21. The van der Waals surface area contributed by atoms with Crippen molar-refractivity contribution in [3.63, 3.8) is 0 Å². The molecule has 1 saturated heterocycles. The summed E-state index contributed by atoms with van der Waals surface area (Å²) in [5.41, 5.74) is 1.84. The molecule has 2 rings (SSSR count). The maximum atomic E-state index is 14.7. The number of ether oxygens (including phenoxy) is 1. The predicted octanol–water partition coefficient (Wildman–Crippen LogP) is 4.21. The molecule has 0 radical (unpaired) electrons. The van der Waals surface area contributed by atoms with Gasteiger partial charge in [-0.05, 0) is 44.3 Å². The number of nitrogens with zero attached hydrogens (tertiary/aromatic N) is 1. The van der Waals surface area contributed by atoms with E-state index in [0.29, 0.717) is 25.1 Å². The van der Waals surface area contributed by atoms with Crippen molar-refractivity contribution in [2.45, 2.75) is 72.7 Å². The van der Waals surface area contributed by atoms with Crippen molar-refractivity contribution in [3.8, 4) is 0 Å². The number of likely N-dealkylation sites (tertiary alicyclic amines) is 1. The second kappa shape index (κ2) is 7.04. The normalized spacial score (nSPS) is 31.2. The molecule has 0 aromatic rings. The van der Waals surface area contributed by atoms with Crippen molar-refractivity contribution in [1.29, 1.82) is 0 Å². The Labute approximate surface area is 124 Å². The fourth-order valence-electron chi connectivity index (χ4n) is 3.58. The first-order valence-corrected chi connectivity index (χ1v) is 8.10. The lowest BCUT2D eigenvalue weighted by Gasteiger charge is -2.45. The number of halogens is 1. The van der Waals surface area contributed by atoms with Crippen molar-refractivity contribution in [3.05, 3.63) is 11.1 Å². The number of hydrogen-bond donors (Lipinski definition) is 0. The molecule has 2 aliphatic heterocycles. The van der Waals surface area contributed by atoms with E-state index in [9.17, 15) is 4.39 Å². The molecular weight excluding hydrogens is 253 g/mol. The van der Waals surface area contributed by atoms with Crippen LogP contribution in [0.25, 0.3) is 0 Å². The second-order valence-electron chi connectivity index (χ2n) is 6.33. The summed E-state index contributed by atoms with van der Waals surface area (Å²) < 4.78 is 20.7. The minimum absolute atomic E-state index is 0.372. The average Bonchev–Trinajstić information content (AvgIpc) is 2.73. The van der Waals surface area contributed by atoms with Crippen LogP contribution in [0.5, 0.6) is 0 Å². The van der Waals surface area contributed by atoms with E-state index in [-0.39, 0.29) is 0 Å². The first kappa shape index (κ1) is 17.6. The molecule has 0 saturated carbocycles. The Kier molecular flexibility index (Phi) is 6.21. The van der Waals surface area contributed by atoms with Crippen LogP contribution in [0.15, 0.2) is 11.1 Å². The molecule has 2 aliphatic rings. The van der Waals surface area contributed by atoms with E-state index in [4.69, 9.17) is 4.74 Å². The highest BCUT2D eigenvalue weighted by Crippen LogP contribution is 2.45. The monoisotopic (exact) mass is 285 g/mol. The van der Waals surface area contributed by atoms with E-state index in [0.717, 1.165) is 13.0 Å². The molecule has 1 spiro atoms. The lowest BCUT2D eigenvalue weighted by molar-refractivity contribution is -0.0937. The smallest absolute Gasteiger partial charge is 0.145 e. The van der Waals surface area contributed by atoms with Crippen molar-refractivity contribution < 1.29 is 9.13 Å². The lowest BCUT2D eigenvalue weighted by atomic mass is 9.77. The first-order chi connectivity index (χ1) is 9.38. The van der Waals surface area contributed by atoms with Crippen molar-refractivity contribution >= 4 is 0 Å². The highest BCUT2D eigenvalue weighted by Gasteiger charge is 2.51. The Morgan fingerprint density at radius 3 is 2.30 bits per heavy atom. The van der Waals surface area contributed by atoms with Gasteiger partial charge >= 0.3 is 0 Å². The first-order valence-electron chi connectivity index (χ1n) is 8.10. The summed E-state index contributed by atoms with van der Waals surface area (Å²) in [6.45, 7) is 16.7. The van der Waals surface area contributed by atoms with Gasteiger partial charge in [0.05, 0.1) is 6.61 Å². The van der Waals surface area contributed by atoms with Crippen LogP contribution in [0.4, 0.5) is 4.39 Å². The number of piperidine rings is 1. The van der Waals surface area contributed by atoms with E-state index in [1.165, 1.54) is 11.1 Å². The largest absolute Gasteiger partial charge is 0.363 e. The van der Waals surface area contributed by atoms with E-state index in [1.807, 2.05) is 13.8 Å². The van der Waals surface area contributed by atoms with E-state index in [1.54, 1.807) is 0 Å². The highest BCUT2D eigenvalue weighted by atomic mass is 19.1. The second-order valence-corrected chi connectivity index (χ2v) is 6.33. The van der Waals surface area contributed by atoms with Gasteiger partial charge in [0.25, 0.3) is 0 Å². The van der Waals surface area contributed by atoms with Crippen molar-refractivity contribution in [1.82, 2.24) is 4.90 Å². The van der Waals surface area contributed by atoms with Crippen LogP contribution in [0.2, 0.25) is 0 Å². The Morgan fingerprint density at radius 2 is 1.85 bits per heavy atom. The van der Waals surface area contributed by atoms with Gasteiger partial charge in [-0.1, -0.05) is 27.7 Å². The van der Waals surface area contributed by atoms with E-state index < -0.39 is 11.8 Å². The van der Waals surface area contributed by atoms with Crippen LogP contribution in [0.1, 0.15) is 54.9 Å². The third-order valence-corrected chi connectivity index (χ3v) is 4.44. The van der Waals surface area contributed by atoms with Gasteiger partial charge in [-0.15, -0.1) is 0 Å². The van der Waals surface area contributed by atoms with Gasteiger partial charge in [-0.25, -0.2) is 4.39 Å². The Morgan fingerprint density at radius 1 is 1.25 bits per heavy atom. The van der Waals surface area contributed by atoms with Gasteiger partial charge in [0.2, 0.25) is 0 Å². The van der Waals surface area contributed by atoms with Crippen LogP contribution in [0.3, 0.4) is 0 Å².